The second-order valence-corrected chi connectivity index (χ2v) is 2.87. The largest absolute Gasteiger partial charge is 0.454 e. The maximum atomic E-state index is 12.2. The normalized spacial score (nSPS) is 15.8. The van der Waals surface area contributed by atoms with Crippen molar-refractivity contribution in [1.29, 1.82) is 0 Å². The van der Waals surface area contributed by atoms with Crippen LogP contribution < -0.4 is 15.2 Å². The standard InChI is InChI=1S/C9H10FNO2/c10-4-7(11)6-1-2-8-9(3-6)13-5-12-8/h1-3,7H,4-5,11H2. The molecular formula is C9H10FNO2. The van der Waals surface area contributed by atoms with Crippen molar-refractivity contribution in [2.45, 2.75) is 6.04 Å². The van der Waals surface area contributed by atoms with Gasteiger partial charge in [-0.3, -0.25) is 0 Å². The molecule has 13 heavy (non-hydrogen) atoms. The first kappa shape index (κ1) is 8.31. The minimum atomic E-state index is -0.575. The Bertz CT molecular complexity index is 316. The number of benzene rings is 1. The quantitative estimate of drug-likeness (QED) is 0.753. The second kappa shape index (κ2) is 3.22. The van der Waals surface area contributed by atoms with E-state index in [0.717, 1.165) is 5.56 Å². The van der Waals surface area contributed by atoms with E-state index in [1.165, 1.54) is 0 Å². The van der Waals surface area contributed by atoms with E-state index in [4.69, 9.17) is 15.2 Å². The Hall–Kier alpha value is -1.29. The highest BCUT2D eigenvalue weighted by Gasteiger charge is 2.15. The summed E-state index contributed by atoms with van der Waals surface area (Å²) in [7, 11) is 0. The molecule has 0 spiro atoms. The van der Waals surface area contributed by atoms with Crippen LogP contribution >= 0.6 is 0 Å². The van der Waals surface area contributed by atoms with E-state index in [0.29, 0.717) is 11.5 Å². The highest BCUT2D eigenvalue weighted by atomic mass is 19.1. The van der Waals surface area contributed by atoms with Gasteiger partial charge in [0.1, 0.15) is 6.67 Å². The molecule has 2 N–H and O–H groups in total. The minimum absolute atomic E-state index is 0.226. The highest BCUT2D eigenvalue weighted by Crippen LogP contribution is 2.33. The summed E-state index contributed by atoms with van der Waals surface area (Å²) in [5, 5.41) is 0. The fraction of sp³-hybridized carbons (Fsp3) is 0.333. The summed E-state index contributed by atoms with van der Waals surface area (Å²) in [5.74, 6) is 1.33. The Kier molecular flexibility index (Phi) is 2.06. The van der Waals surface area contributed by atoms with Gasteiger partial charge >= 0.3 is 0 Å². The molecule has 0 aromatic heterocycles. The van der Waals surface area contributed by atoms with Crippen LogP contribution in [0.25, 0.3) is 0 Å². The van der Waals surface area contributed by atoms with Gasteiger partial charge in [0.15, 0.2) is 11.5 Å². The lowest BCUT2D eigenvalue weighted by Gasteiger charge is -2.07. The van der Waals surface area contributed by atoms with Gasteiger partial charge < -0.3 is 15.2 Å². The lowest BCUT2D eigenvalue weighted by atomic mass is 10.1. The van der Waals surface area contributed by atoms with E-state index in [1.807, 2.05) is 0 Å². The molecule has 4 heteroatoms. The smallest absolute Gasteiger partial charge is 0.231 e. The fourth-order valence-corrected chi connectivity index (χ4v) is 1.23. The molecule has 0 fully saturated rings. The van der Waals surface area contributed by atoms with Gasteiger partial charge in [-0.1, -0.05) is 6.07 Å². The summed E-state index contributed by atoms with van der Waals surface area (Å²) in [6.45, 7) is -0.344. The van der Waals surface area contributed by atoms with Gasteiger partial charge in [0.05, 0.1) is 6.04 Å². The van der Waals surface area contributed by atoms with E-state index in [2.05, 4.69) is 0 Å². The highest BCUT2D eigenvalue weighted by molar-refractivity contribution is 5.45. The van der Waals surface area contributed by atoms with Crippen LogP contribution in [0.15, 0.2) is 18.2 Å². The number of nitrogens with two attached hydrogens (primary N) is 1. The Labute approximate surface area is 75.3 Å². The maximum Gasteiger partial charge on any atom is 0.231 e. The molecule has 1 aromatic carbocycles. The molecule has 0 saturated carbocycles. The summed E-state index contributed by atoms with van der Waals surface area (Å²) < 4.78 is 22.5. The SMILES string of the molecule is NC(CF)c1ccc2c(c1)OCO2. The molecule has 1 aliphatic rings. The van der Waals surface area contributed by atoms with Crippen LogP contribution in [0, 0.1) is 0 Å². The predicted molar refractivity (Wildman–Crippen MR) is 45.5 cm³/mol. The van der Waals surface area contributed by atoms with Gasteiger partial charge in [-0.2, -0.15) is 0 Å². The molecule has 1 atom stereocenters. The van der Waals surface area contributed by atoms with E-state index in [-0.39, 0.29) is 6.79 Å². The first-order valence-electron chi connectivity index (χ1n) is 4.02. The molecule has 1 heterocycles. The van der Waals surface area contributed by atoms with Crippen molar-refractivity contribution in [3.05, 3.63) is 23.8 Å². The van der Waals surface area contributed by atoms with Crippen molar-refractivity contribution in [2.24, 2.45) is 5.73 Å². The molecule has 70 valence electrons. The lowest BCUT2D eigenvalue weighted by Crippen LogP contribution is -2.11. The van der Waals surface area contributed by atoms with Crippen LogP contribution in [-0.2, 0) is 0 Å². The zero-order chi connectivity index (χ0) is 9.26. The topological polar surface area (TPSA) is 44.5 Å². The first-order valence-corrected chi connectivity index (χ1v) is 4.02. The molecule has 0 bridgehead atoms. The third-order valence-electron chi connectivity index (χ3n) is 1.99. The molecular weight excluding hydrogens is 173 g/mol. The van der Waals surface area contributed by atoms with Gasteiger partial charge in [0.25, 0.3) is 0 Å². The van der Waals surface area contributed by atoms with Crippen molar-refractivity contribution >= 4 is 0 Å². The average molecular weight is 183 g/mol. The minimum Gasteiger partial charge on any atom is -0.454 e. The average Bonchev–Trinajstić information content (AvgIpc) is 2.63. The fourth-order valence-electron chi connectivity index (χ4n) is 1.23. The molecule has 1 aliphatic heterocycles. The maximum absolute atomic E-state index is 12.2. The van der Waals surface area contributed by atoms with Gasteiger partial charge in [-0.15, -0.1) is 0 Å². The van der Waals surface area contributed by atoms with Crippen molar-refractivity contribution in [2.75, 3.05) is 13.5 Å². The summed E-state index contributed by atoms with van der Waals surface area (Å²) in [6, 6.07) is 4.63. The van der Waals surface area contributed by atoms with Crippen molar-refractivity contribution in [3.8, 4) is 11.5 Å². The Morgan fingerprint density at radius 2 is 2.15 bits per heavy atom. The Morgan fingerprint density at radius 1 is 1.38 bits per heavy atom. The number of halogens is 1. The summed E-state index contributed by atoms with van der Waals surface area (Å²) in [6.07, 6.45) is 0. The van der Waals surface area contributed by atoms with Crippen LogP contribution in [-0.4, -0.2) is 13.5 Å². The van der Waals surface area contributed by atoms with Crippen LogP contribution in [0.4, 0.5) is 4.39 Å². The summed E-state index contributed by atoms with van der Waals surface area (Å²) in [4.78, 5) is 0. The molecule has 2 rings (SSSR count). The van der Waals surface area contributed by atoms with Crippen LogP contribution in [0.1, 0.15) is 11.6 Å². The van der Waals surface area contributed by atoms with Crippen LogP contribution in [0.5, 0.6) is 11.5 Å². The Balaban J connectivity index is 2.30. The summed E-state index contributed by atoms with van der Waals surface area (Å²) >= 11 is 0. The van der Waals surface area contributed by atoms with Crippen molar-refractivity contribution in [3.63, 3.8) is 0 Å². The predicted octanol–water partition coefficient (Wildman–Crippen LogP) is 1.38. The second-order valence-electron chi connectivity index (χ2n) is 2.87. The van der Waals surface area contributed by atoms with E-state index < -0.39 is 12.7 Å². The number of rotatable bonds is 2. The molecule has 0 saturated heterocycles. The van der Waals surface area contributed by atoms with Gasteiger partial charge in [0, 0.05) is 0 Å². The van der Waals surface area contributed by atoms with E-state index in [9.17, 15) is 4.39 Å². The third kappa shape index (κ3) is 1.45. The van der Waals surface area contributed by atoms with Crippen LogP contribution in [0.3, 0.4) is 0 Å². The zero-order valence-electron chi connectivity index (χ0n) is 7.00. The zero-order valence-corrected chi connectivity index (χ0v) is 7.00. The van der Waals surface area contributed by atoms with E-state index in [1.54, 1.807) is 18.2 Å². The van der Waals surface area contributed by atoms with Crippen molar-refractivity contribution in [1.82, 2.24) is 0 Å². The molecule has 1 unspecified atom stereocenters. The van der Waals surface area contributed by atoms with Gasteiger partial charge in [-0.25, -0.2) is 4.39 Å². The molecule has 1 aromatic rings. The molecule has 3 nitrogen and oxygen atoms in total. The lowest BCUT2D eigenvalue weighted by molar-refractivity contribution is 0.174. The Morgan fingerprint density at radius 3 is 2.92 bits per heavy atom. The monoisotopic (exact) mass is 183 g/mol. The molecule has 0 radical (unpaired) electrons. The molecule has 0 aliphatic carbocycles. The summed E-state index contributed by atoms with van der Waals surface area (Å²) in [5.41, 5.74) is 6.25. The number of fused-ring (bicyclic) bond motifs is 1. The van der Waals surface area contributed by atoms with E-state index >= 15 is 0 Å². The van der Waals surface area contributed by atoms with Crippen molar-refractivity contribution < 1.29 is 13.9 Å². The number of hydrogen-bond donors (Lipinski definition) is 1. The molecule has 0 amide bonds. The third-order valence-corrected chi connectivity index (χ3v) is 1.99. The number of hydrogen-bond acceptors (Lipinski definition) is 3. The van der Waals surface area contributed by atoms with Gasteiger partial charge in [-0.05, 0) is 17.7 Å². The van der Waals surface area contributed by atoms with Crippen LogP contribution in [0.2, 0.25) is 0 Å². The number of alkyl halides is 1. The van der Waals surface area contributed by atoms with Gasteiger partial charge in [0.2, 0.25) is 6.79 Å². The number of ether oxygens (including phenoxy) is 2. The first-order chi connectivity index (χ1) is 6.31.